The second-order valence-corrected chi connectivity index (χ2v) is 12.0. The van der Waals surface area contributed by atoms with Crippen molar-refractivity contribution in [3.05, 3.63) is 58.7 Å². The number of pyridine rings is 1. The van der Waals surface area contributed by atoms with Gasteiger partial charge in [-0.2, -0.15) is 0 Å². The highest BCUT2D eigenvalue weighted by Crippen LogP contribution is 2.42. The highest BCUT2D eigenvalue weighted by atomic mass is 19.1. The van der Waals surface area contributed by atoms with Crippen LogP contribution in [-0.2, 0) is 24.0 Å². The largest absolute Gasteiger partial charge is 0.511 e. The van der Waals surface area contributed by atoms with Crippen LogP contribution in [0.1, 0.15) is 68.0 Å². The topological polar surface area (TPSA) is 76.1 Å². The summed E-state index contributed by atoms with van der Waals surface area (Å²) in [4.78, 5) is 6.87. The van der Waals surface area contributed by atoms with Crippen LogP contribution in [-0.4, -0.2) is 66.7 Å². The summed E-state index contributed by atoms with van der Waals surface area (Å²) >= 11 is 0. The standard InChI is InChI=1S/C32H43F2N3O4/c1-20(38)30(27-15-22(33)16-29-26(27)14-21(19-41-29)32(2,3)34)37-12-10-24(18-37)40-13-6-5-8-23-17-28(39-4)25-9-7-11-35-31(25)36-23/h15-17,21,24,30,38H,1,5-14,18-19H2,2-4H3,(H,35,36)/t21?,24-,30+/m1/s1. The second-order valence-electron chi connectivity index (χ2n) is 12.0. The lowest BCUT2D eigenvalue weighted by molar-refractivity contribution is 0.0519. The van der Waals surface area contributed by atoms with E-state index in [1.165, 1.54) is 26.0 Å². The molecule has 1 aromatic carbocycles. The van der Waals surface area contributed by atoms with E-state index in [0.29, 0.717) is 37.4 Å². The maximum absolute atomic E-state index is 14.8. The van der Waals surface area contributed by atoms with Gasteiger partial charge in [-0.05, 0) is 70.4 Å². The molecule has 1 fully saturated rings. The maximum atomic E-state index is 14.8. The van der Waals surface area contributed by atoms with Gasteiger partial charge in [-0.3, -0.25) is 4.90 Å². The van der Waals surface area contributed by atoms with E-state index in [1.54, 1.807) is 7.11 Å². The van der Waals surface area contributed by atoms with E-state index in [9.17, 15) is 13.9 Å². The van der Waals surface area contributed by atoms with Crippen LogP contribution in [0.5, 0.6) is 11.5 Å². The van der Waals surface area contributed by atoms with E-state index in [2.05, 4.69) is 22.9 Å². The summed E-state index contributed by atoms with van der Waals surface area (Å²) in [6, 6.07) is 4.21. The van der Waals surface area contributed by atoms with E-state index in [-0.39, 0.29) is 24.4 Å². The number of unbranched alkanes of at least 4 members (excludes halogenated alkanes) is 1. The third-order valence-electron chi connectivity index (χ3n) is 8.65. The quantitative estimate of drug-likeness (QED) is 0.249. The molecule has 0 saturated carbocycles. The smallest absolute Gasteiger partial charge is 0.133 e. The lowest BCUT2D eigenvalue weighted by Gasteiger charge is -2.35. The van der Waals surface area contributed by atoms with E-state index in [4.69, 9.17) is 19.2 Å². The average Bonchev–Trinajstić information content (AvgIpc) is 3.39. The van der Waals surface area contributed by atoms with Gasteiger partial charge in [0.25, 0.3) is 0 Å². The fraction of sp³-hybridized carbons (Fsp3) is 0.594. The number of hydrogen-bond acceptors (Lipinski definition) is 7. The molecule has 0 radical (unpaired) electrons. The zero-order chi connectivity index (χ0) is 29.1. The summed E-state index contributed by atoms with van der Waals surface area (Å²) in [6.07, 6.45) is 5.98. The number of hydrogen-bond donors (Lipinski definition) is 2. The first-order chi connectivity index (χ1) is 19.6. The number of benzene rings is 1. The molecule has 1 unspecified atom stereocenters. The number of methoxy groups -OCH3 is 1. The lowest BCUT2D eigenvalue weighted by atomic mass is 9.82. The van der Waals surface area contributed by atoms with Crippen LogP contribution in [0, 0.1) is 11.7 Å². The van der Waals surface area contributed by atoms with Crippen molar-refractivity contribution in [2.75, 3.05) is 45.3 Å². The van der Waals surface area contributed by atoms with Gasteiger partial charge in [0.05, 0.1) is 25.9 Å². The number of halogens is 2. The molecular formula is C32H43F2N3O4. The number of nitrogens with one attached hydrogen (secondary N) is 1. The van der Waals surface area contributed by atoms with Gasteiger partial charge in [-0.15, -0.1) is 0 Å². The summed E-state index contributed by atoms with van der Waals surface area (Å²) in [6.45, 7) is 9.91. The molecule has 7 nitrogen and oxygen atoms in total. The molecule has 5 rings (SSSR count). The van der Waals surface area contributed by atoms with Crippen LogP contribution < -0.4 is 14.8 Å². The molecule has 0 spiro atoms. The summed E-state index contributed by atoms with van der Waals surface area (Å²) < 4.78 is 47.1. The SMILES string of the molecule is C=C(O)[C@@H](c1cc(F)cc2c1CC(C(C)(C)F)CO2)N1CC[C@@H](OCCCCc2cc(OC)c3c(n2)NCCC3)C1. The van der Waals surface area contributed by atoms with Crippen molar-refractivity contribution in [2.45, 2.75) is 76.6 Å². The number of nitrogens with zero attached hydrogens (tertiary/aromatic N) is 2. The van der Waals surface area contributed by atoms with Gasteiger partial charge in [0.2, 0.25) is 0 Å². The van der Waals surface area contributed by atoms with Crippen molar-refractivity contribution < 1.29 is 28.1 Å². The second kappa shape index (κ2) is 12.5. The van der Waals surface area contributed by atoms with Crippen LogP contribution in [0.25, 0.3) is 0 Å². The number of aromatic nitrogens is 1. The zero-order valence-corrected chi connectivity index (χ0v) is 24.5. The Bertz CT molecular complexity index is 1230. The van der Waals surface area contributed by atoms with Crippen molar-refractivity contribution in [3.8, 4) is 11.5 Å². The van der Waals surface area contributed by atoms with Gasteiger partial charge in [0, 0.05) is 61.1 Å². The normalized spacial score (nSPS) is 21.4. The van der Waals surface area contributed by atoms with Gasteiger partial charge in [-0.1, -0.05) is 6.58 Å². The fourth-order valence-corrected chi connectivity index (χ4v) is 6.30. The van der Waals surface area contributed by atoms with Gasteiger partial charge in [0.1, 0.15) is 34.6 Å². The number of aliphatic hydroxyl groups excluding tert-OH is 1. The molecule has 1 aromatic heterocycles. The zero-order valence-electron chi connectivity index (χ0n) is 24.5. The fourth-order valence-electron chi connectivity index (χ4n) is 6.30. The molecule has 2 N–H and O–H groups in total. The highest BCUT2D eigenvalue weighted by molar-refractivity contribution is 5.55. The first kappa shape index (κ1) is 29.6. The van der Waals surface area contributed by atoms with Gasteiger partial charge < -0.3 is 24.6 Å². The maximum Gasteiger partial charge on any atom is 0.133 e. The number of alkyl halides is 1. The third kappa shape index (κ3) is 6.78. The Balaban J connectivity index is 1.17. The minimum Gasteiger partial charge on any atom is -0.511 e. The Hall–Kier alpha value is -2.91. The molecule has 1 saturated heterocycles. The minimum absolute atomic E-state index is 0.00109. The number of anilines is 1. The number of rotatable bonds is 11. The third-order valence-corrected chi connectivity index (χ3v) is 8.65. The van der Waals surface area contributed by atoms with Crippen LogP contribution in [0.3, 0.4) is 0 Å². The minimum atomic E-state index is -1.44. The van der Waals surface area contributed by atoms with E-state index >= 15 is 0 Å². The number of fused-ring (bicyclic) bond motifs is 2. The van der Waals surface area contributed by atoms with Gasteiger partial charge in [-0.25, -0.2) is 13.8 Å². The van der Waals surface area contributed by atoms with E-state index in [0.717, 1.165) is 73.5 Å². The predicted molar refractivity (Wildman–Crippen MR) is 155 cm³/mol. The summed E-state index contributed by atoms with van der Waals surface area (Å²) in [7, 11) is 1.71. The molecule has 9 heteroatoms. The molecular weight excluding hydrogens is 528 g/mol. The molecule has 0 bridgehead atoms. The number of ether oxygens (including phenoxy) is 3. The molecule has 3 aliphatic rings. The van der Waals surface area contributed by atoms with Gasteiger partial charge >= 0.3 is 0 Å². The summed E-state index contributed by atoms with van der Waals surface area (Å²) in [5.41, 5.74) is 2.07. The first-order valence-corrected chi connectivity index (χ1v) is 14.8. The Kier molecular flexibility index (Phi) is 9.04. The Morgan fingerprint density at radius 1 is 1.29 bits per heavy atom. The summed E-state index contributed by atoms with van der Waals surface area (Å²) in [5.74, 6) is 1.40. The molecule has 0 aliphatic carbocycles. The number of likely N-dealkylation sites (tertiary alicyclic amines) is 1. The van der Waals surface area contributed by atoms with Crippen LogP contribution >= 0.6 is 0 Å². The Morgan fingerprint density at radius 3 is 2.88 bits per heavy atom. The average molecular weight is 572 g/mol. The Labute approximate surface area is 241 Å². The molecule has 224 valence electrons. The number of aryl methyl sites for hydroxylation is 1. The van der Waals surface area contributed by atoms with Crippen LogP contribution in [0.2, 0.25) is 0 Å². The molecule has 41 heavy (non-hydrogen) atoms. The monoisotopic (exact) mass is 571 g/mol. The molecule has 4 heterocycles. The predicted octanol–water partition coefficient (Wildman–Crippen LogP) is 6.11. The lowest BCUT2D eigenvalue weighted by Crippen LogP contribution is -2.37. The van der Waals surface area contributed by atoms with E-state index in [1.807, 2.05) is 0 Å². The van der Waals surface area contributed by atoms with Gasteiger partial charge in [0.15, 0.2) is 0 Å². The van der Waals surface area contributed by atoms with Crippen molar-refractivity contribution >= 4 is 5.82 Å². The molecule has 3 atom stereocenters. The van der Waals surface area contributed by atoms with E-state index < -0.39 is 17.5 Å². The van der Waals surface area contributed by atoms with Crippen molar-refractivity contribution in [2.24, 2.45) is 5.92 Å². The molecule has 3 aliphatic heterocycles. The molecule has 0 amide bonds. The van der Waals surface area contributed by atoms with Crippen molar-refractivity contribution in [1.82, 2.24) is 9.88 Å². The van der Waals surface area contributed by atoms with Crippen LogP contribution in [0.15, 0.2) is 30.5 Å². The first-order valence-electron chi connectivity index (χ1n) is 14.8. The number of aliphatic hydroxyl groups is 1. The summed E-state index contributed by atoms with van der Waals surface area (Å²) in [5, 5.41) is 14.1. The molecule has 2 aromatic rings. The Morgan fingerprint density at radius 2 is 2.12 bits per heavy atom. The van der Waals surface area contributed by atoms with Crippen molar-refractivity contribution in [3.63, 3.8) is 0 Å². The van der Waals surface area contributed by atoms with Crippen molar-refractivity contribution in [1.29, 1.82) is 0 Å². The highest BCUT2D eigenvalue weighted by Gasteiger charge is 2.38. The van der Waals surface area contributed by atoms with Crippen LogP contribution in [0.4, 0.5) is 14.6 Å².